The second-order valence-electron chi connectivity index (χ2n) is 5.11. The van der Waals surface area contributed by atoms with Gasteiger partial charge in [-0.1, -0.05) is 6.07 Å². The summed E-state index contributed by atoms with van der Waals surface area (Å²) < 4.78 is 13.7. The highest BCUT2D eigenvalue weighted by Crippen LogP contribution is 2.21. The van der Waals surface area contributed by atoms with Crippen LogP contribution in [-0.2, 0) is 0 Å². The van der Waals surface area contributed by atoms with Crippen LogP contribution >= 0.6 is 0 Å². The van der Waals surface area contributed by atoms with Crippen molar-refractivity contribution in [2.24, 2.45) is 0 Å². The van der Waals surface area contributed by atoms with Gasteiger partial charge in [-0.2, -0.15) is 0 Å². The fraction of sp³-hybridized carbons (Fsp3) is 0.533. The molecule has 0 aliphatic carbocycles. The third-order valence-electron chi connectivity index (χ3n) is 3.26. The van der Waals surface area contributed by atoms with Crippen LogP contribution in [0.1, 0.15) is 24.2 Å². The van der Waals surface area contributed by atoms with Crippen molar-refractivity contribution < 1.29 is 9.18 Å². The van der Waals surface area contributed by atoms with Crippen LogP contribution in [0, 0.1) is 5.82 Å². The van der Waals surface area contributed by atoms with Gasteiger partial charge in [-0.15, -0.1) is 0 Å². The summed E-state index contributed by atoms with van der Waals surface area (Å²) in [7, 11) is 5.56. The van der Waals surface area contributed by atoms with Gasteiger partial charge in [-0.05, 0) is 40.1 Å². The minimum atomic E-state index is -0.408. The Morgan fingerprint density at radius 2 is 2.05 bits per heavy atom. The number of hydrogen-bond acceptors (Lipinski definition) is 3. The van der Waals surface area contributed by atoms with Crippen molar-refractivity contribution in [2.75, 3.05) is 39.5 Å². The van der Waals surface area contributed by atoms with E-state index in [-0.39, 0.29) is 17.6 Å². The van der Waals surface area contributed by atoms with Gasteiger partial charge in [-0.3, -0.25) is 4.79 Å². The molecule has 0 spiro atoms. The van der Waals surface area contributed by atoms with Gasteiger partial charge in [0.05, 0.1) is 11.3 Å². The summed E-state index contributed by atoms with van der Waals surface area (Å²) >= 11 is 0. The monoisotopic (exact) mass is 281 g/mol. The number of carbonyl (C=O) groups is 1. The molecule has 1 atom stereocenters. The van der Waals surface area contributed by atoms with Gasteiger partial charge in [0.2, 0.25) is 0 Å². The lowest BCUT2D eigenvalue weighted by Gasteiger charge is -2.30. The number of benzene rings is 1. The van der Waals surface area contributed by atoms with Gasteiger partial charge >= 0.3 is 0 Å². The molecule has 0 saturated carbocycles. The molecule has 1 aromatic carbocycles. The van der Waals surface area contributed by atoms with E-state index in [0.29, 0.717) is 12.1 Å². The van der Waals surface area contributed by atoms with E-state index in [0.717, 1.165) is 6.54 Å². The van der Waals surface area contributed by atoms with E-state index >= 15 is 0 Å². The largest absolute Gasteiger partial charge is 0.385 e. The van der Waals surface area contributed by atoms with E-state index < -0.39 is 5.82 Å². The first-order chi connectivity index (χ1) is 9.42. The quantitative estimate of drug-likeness (QED) is 0.869. The number of halogens is 1. The molecule has 0 heterocycles. The number of carbonyl (C=O) groups excluding carboxylic acids is 1. The molecule has 4 nitrogen and oxygen atoms in total. The third kappa shape index (κ3) is 3.70. The zero-order valence-electron chi connectivity index (χ0n) is 12.9. The number of rotatable bonds is 6. The fourth-order valence-corrected chi connectivity index (χ4v) is 2.39. The summed E-state index contributed by atoms with van der Waals surface area (Å²) in [5.41, 5.74) is 0.632. The predicted molar refractivity (Wildman–Crippen MR) is 80.7 cm³/mol. The predicted octanol–water partition coefficient (Wildman–Crippen LogP) is 2.28. The smallest absolute Gasteiger partial charge is 0.256 e. The first-order valence-corrected chi connectivity index (χ1v) is 6.84. The van der Waals surface area contributed by atoms with Crippen molar-refractivity contribution in [3.63, 3.8) is 0 Å². The maximum atomic E-state index is 13.7. The van der Waals surface area contributed by atoms with Crippen LogP contribution in [0.4, 0.5) is 10.1 Å². The van der Waals surface area contributed by atoms with Gasteiger partial charge in [0.15, 0.2) is 0 Å². The zero-order valence-corrected chi connectivity index (χ0v) is 12.9. The first kappa shape index (κ1) is 16.4. The Labute approximate surface area is 120 Å². The van der Waals surface area contributed by atoms with Crippen molar-refractivity contribution in [1.29, 1.82) is 0 Å². The van der Waals surface area contributed by atoms with Crippen molar-refractivity contribution in [3.8, 4) is 0 Å². The Bertz CT molecular complexity index is 462. The van der Waals surface area contributed by atoms with E-state index in [1.807, 2.05) is 32.8 Å². The van der Waals surface area contributed by atoms with Gasteiger partial charge < -0.3 is 15.1 Å². The Kier molecular flexibility index (Phi) is 5.95. The van der Waals surface area contributed by atoms with E-state index in [9.17, 15) is 9.18 Å². The molecule has 20 heavy (non-hydrogen) atoms. The Morgan fingerprint density at radius 3 is 2.55 bits per heavy atom. The molecule has 0 radical (unpaired) electrons. The van der Waals surface area contributed by atoms with Crippen LogP contribution in [0.25, 0.3) is 0 Å². The molecular formula is C15H24FN3O. The summed E-state index contributed by atoms with van der Waals surface area (Å²) in [5.74, 6) is -0.555. The van der Waals surface area contributed by atoms with E-state index in [1.54, 1.807) is 24.1 Å². The number of anilines is 1. The molecule has 0 bridgehead atoms. The van der Waals surface area contributed by atoms with Crippen molar-refractivity contribution >= 4 is 11.6 Å². The molecule has 112 valence electrons. The highest BCUT2D eigenvalue weighted by atomic mass is 19.1. The average Bonchev–Trinajstić information content (AvgIpc) is 2.38. The maximum Gasteiger partial charge on any atom is 0.256 e. The Morgan fingerprint density at radius 1 is 1.40 bits per heavy atom. The van der Waals surface area contributed by atoms with Crippen LogP contribution in [0.3, 0.4) is 0 Å². The normalized spacial score (nSPS) is 12.3. The molecule has 0 saturated heterocycles. The number of nitrogens with zero attached hydrogens (tertiary/aromatic N) is 2. The van der Waals surface area contributed by atoms with Crippen LogP contribution in [0.2, 0.25) is 0 Å². The van der Waals surface area contributed by atoms with Crippen LogP contribution in [0.5, 0.6) is 0 Å². The molecule has 0 aliphatic heterocycles. The topological polar surface area (TPSA) is 35.6 Å². The van der Waals surface area contributed by atoms with Crippen molar-refractivity contribution in [3.05, 3.63) is 29.6 Å². The molecule has 0 fully saturated rings. The number of para-hydroxylation sites is 1. The summed E-state index contributed by atoms with van der Waals surface area (Å²) in [5, 5.41) is 2.77. The minimum absolute atomic E-state index is 0.0653. The second-order valence-corrected chi connectivity index (χ2v) is 5.11. The van der Waals surface area contributed by atoms with Crippen LogP contribution < -0.4 is 5.32 Å². The lowest BCUT2D eigenvalue weighted by Crippen LogP contribution is -2.43. The standard InChI is InChI=1S/C15H24FN3O/c1-6-19(11(2)10-18(4)5)15(20)12-8-7-9-13(16)14(12)17-3/h7-9,11,17H,6,10H2,1-5H3. The van der Waals surface area contributed by atoms with Crippen LogP contribution in [0.15, 0.2) is 18.2 Å². The third-order valence-corrected chi connectivity index (χ3v) is 3.26. The molecule has 1 unspecified atom stereocenters. The summed E-state index contributed by atoms with van der Waals surface area (Å²) in [6.45, 7) is 5.29. The lowest BCUT2D eigenvalue weighted by atomic mass is 10.1. The number of amides is 1. The molecule has 5 heteroatoms. The SMILES string of the molecule is CCN(C(=O)c1cccc(F)c1NC)C(C)CN(C)C. The Hall–Kier alpha value is -1.62. The molecule has 1 N–H and O–H groups in total. The lowest BCUT2D eigenvalue weighted by molar-refractivity contribution is 0.0679. The first-order valence-electron chi connectivity index (χ1n) is 6.84. The molecule has 0 aliphatic rings. The number of likely N-dealkylation sites (N-methyl/N-ethyl adjacent to an activating group) is 2. The average molecular weight is 281 g/mol. The molecule has 1 amide bonds. The molecule has 0 aromatic heterocycles. The molecular weight excluding hydrogens is 257 g/mol. The van der Waals surface area contributed by atoms with E-state index in [1.165, 1.54) is 6.07 Å². The zero-order chi connectivity index (χ0) is 15.3. The highest BCUT2D eigenvalue weighted by Gasteiger charge is 2.23. The number of hydrogen-bond donors (Lipinski definition) is 1. The van der Waals surface area contributed by atoms with Gasteiger partial charge in [0, 0.05) is 26.2 Å². The molecule has 1 rings (SSSR count). The maximum absolute atomic E-state index is 13.7. The minimum Gasteiger partial charge on any atom is -0.385 e. The fourth-order valence-electron chi connectivity index (χ4n) is 2.39. The van der Waals surface area contributed by atoms with E-state index in [4.69, 9.17) is 0 Å². The van der Waals surface area contributed by atoms with Gasteiger partial charge in [0.1, 0.15) is 5.82 Å². The van der Waals surface area contributed by atoms with Crippen molar-refractivity contribution in [1.82, 2.24) is 9.80 Å². The van der Waals surface area contributed by atoms with Crippen LogP contribution in [-0.4, -0.2) is 56.0 Å². The van der Waals surface area contributed by atoms with Gasteiger partial charge in [0.25, 0.3) is 5.91 Å². The van der Waals surface area contributed by atoms with Crippen molar-refractivity contribution in [2.45, 2.75) is 19.9 Å². The van der Waals surface area contributed by atoms with E-state index in [2.05, 4.69) is 5.32 Å². The number of nitrogens with one attached hydrogen (secondary N) is 1. The summed E-state index contributed by atoms with van der Waals surface area (Å²) in [6.07, 6.45) is 0. The second kappa shape index (κ2) is 7.24. The Balaban J connectivity index is 3.05. The summed E-state index contributed by atoms with van der Waals surface area (Å²) in [6, 6.07) is 4.63. The molecule has 1 aromatic rings. The van der Waals surface area contributed by atoms with Gasteiger partial charge in [-0.25, -0.2) is 4.39 Å². The summed E-state index contributed by atoms with van der Waals surface area (Å²) in [4.78, 5) is 16.4. The highest BCUT2D eigenvalue weighted by molar-refractivity contribution is 5.99.